The van der Waals surface area contributed by atoms with E-state index in [1.165, 1.54) is 47.0 Å². The van der Waals surface area contributed by atoms with Gasteiger partial charge in [-0.15, -0.1) is 18.3 Å². The summed E-state index contributed by atoms with van der Waals surface area (Å²) in [5.74, 6) is 0.254. The number of benzene rings is 3. The monoisotopic (exact) mass is 687 g/mol. The van der Waals surface area contributed by atoms with Crippen LogP contribution in [-0.4, -0.2) is 41.3 Å². The van der Waals surface area contributed by atoms with Gasteiger partial charge in [0.15, 0.2) is 11.0 Å². The molecule has 4 aromatic rings. The number of hydrogen-bond acceptors (Lipinski definition) is 6. The van der Waals surface area contributed by atoms with Gasteiger partial charge in [-0.3, -0.25) is 10.3 Å². The number of alkyl halides is 5. The number of rotatable bonds is 5. The maximum absolute atomic E-state index is 12.4. The molecule has 45 heavy (non-hydrogen) atoms. The largest absolute Gasteiger partial charge is 0.573 e. The van der Waals surface area contributed by atoms with Gasteiger partial charge < -0.3 is 4.74 Å². The zero-order valence-electron chi connectivity index (χ0n) is 23.5. The molecule has 1 atom stereocenters. The Labute approximate surface area is 275 Å². The molecule has 0 aliphatic carbocycles. The molecule has 0 bridgehead atoms. The average Bonchev–Trinajstić information content (AvgIpc) is 3.56. The van der Waals surface area contributed by atoms with Gasteiger partial charge in [0, 0.05) is 11.5 Å². The molecule has 0 spiro atoms. The van der Waals surface area contributed by atoms with Crippen LogP contribution in [0, 0.1) is 6.92 Å². The van der Waals surface area contributed by atoms with Gasteiger partial charge in [0.25, 0.3) is 0 Å². The van der Waals surface area contributed by atoms with Crippen molar-refractivity contribution in [3.63, 3.8) is 0 Å². The topological polar surface area (TPSA) is 79.9 Å². The predicted octanol–water partition coefficient (Wildman–Crippen LogP) is 8.09. The third-order valence-corrected chi connectivity index (χ3v) is 8.80. The van der Waals surface area contributed by atoms with E-state index in [9.17, 15) is 13.2 Å². The zero-order chi connectivity index (χ0) is 31.9. The first kappa shape index (κ1) is 31.1. The number of amidine groups is 1. The number of halogens is 5. The van der Waals surface area contributed by atoms with E-state index >= 15 is 0 Å². The number of thiocarbonyl (C=S) groups is 1. The molecule has 3 heterocycles. The molecule has 1 N–H and O–H groups in total. The number of anilines is 1. The molecular formula is C30H22Cl2F3N7OS2. The van der Waals surface area contributed by atoms with Gasteiger partial charge in [0.2, 0.25) is 8.78 Å². The van der Waals surface area contributed by atoms with Crippen LogP contribution in [-0.2, 0) is 0 Å². The lowest BCUT2D eigenvalue weighted by Crippen LogP contribution is -2.30. The van der Waals surface area contributed by atoms with E-state index in [0.717, 1.165) is 33.6 Å². The van der Waals surface area contributed by atoms with Gasteiger partial charge in [0.1, 0.15) is 12.1 Å². The van der Waals surface area contributed by atoms with E-state index in [0.29, 0.717) is 16.7 Å². The Morgan fingerprint density at radius 1 is 1.11 bits per heavy atom. The van der Waals surface area contributed by atoms with Crippen LogP contribution in [0.1, 0.15) is 29.5 Å². The van der Waals surface area contributed by atoms with Crippen LogP contribution in [0.25, 0.3) is 17.1 Å². The van der Waals surface area contributed by atoms with Crippen LogP contribution >= 0.6 is 47.2 Å². The van der Waals surface area contributed by atoms with Gasteiger partial charge in [-0.1, -0.05) is 72.6 Å². The highest BCUT2D eigenvalue weighted by Crippen LogP contribution is 2.56. The van der Waals surface area contributed by atoms with Crippen LogP contribution in [0.15, 0.2) is 94.9 Å². The van der Waals surface area contributed by atoms with E-state index in [4.69, 9.17) is 35.4 Å². The smallest absolute Gasteiger partial charge is 0.406 e. The van der Waals surface area contributed by atoms with E-state index in [-0.39, 0.29) is 16.8 Å². The van der Waals surface area contributed by atoms with Crippen molar-refractivity contribution in [3.05, 3.63) is 102 Å². The van der Waals surface area contributed by atoms with Gasteiger partial charge >= 0.3 is 6.36 Å². The average molecular weight is 689 g/mol. The molecule has 1 saturated heterocycles. The zero-order valence-corrected chi connectivity index (χ0v) is 26.6. The van der Waals surface area contributed by atoms with Crippen LogP contribution < -0.4 is 15.1 Å². The summed E-state index contributed by atoms with van der Waals surface area (Å²) < 4.78 is 41.4. The number of fused-ring (bicyclic) bond motifs is 3. The maximum Gasteiger partial charge on any atom is 0.573 e. The van der Waals surface area contributed by atoms with Crippen LogP contribution in [0.3, 0.4) is 0 Å². The first-order chi connectivity index (χ1) is 21.4. The molecule has 6 rings (SSSR count). The lowest BCUT2D eigenvalue weighted by Gasteiger charge is -2.31. The summed E-state index contributed by atoms with van der Waals surface area (Å²) in [6.45, 7) is 4.12. The van der Waals surface area contributed by atoms with E-state index in [1.807, 2.05) is 42.2 Å². The number of nitrogens with one attached hydrogen (secondary N) is 1. The number of ether oxygens (including phenoxy) is 1. The van der Waals surface area contributed by atoms with E-state index < -0.39 is 10.0 Å². The van der Waals surface area contributed by atoms with Crippen molar-refractivity contribution >= 4 is 69.4 Å². The molecular weight excluding hydrogens is 666 g/mol. The van der Waals surface area contributed by atoms with Crippen molar-refractivity contribution < 1.29 is 17.9 Å². The first-order valence-electron chi connectivity index (χ1n) is 13.4. The summed E-state index contributed by atoms with van der Waals surface area (Å²) in [7, 11) is 0. The summed E-state index contributed by atoms with van der Waals surface area (Å²) in [6.07, 6.45) is 0.350. The highest BCUT2D eigenvalue weighted by molar-refractivity contribution is 8.18. The maximum atomic E-state index is 12.4. The lowest BCUT2D eigenvalue weighted by molar-refractivity contribution is -0.274. The summed E-state index contributed by atoms with van der Waals surface area (Å²) in [4.78, 5) is 10.8. The molecule has 230 valence electrons. The molecule has 0 saturated carbocycles. The third-order valence-electron chi connectivity index (χ3n) is 6.84. The fraction of sp³-hybridized carbons (Fsp3) is 0.167. The highest BCUT2D eigenvalue weighted by Gasteiger charge is 2.48. The molecule has 1 unspecified atom stereocenters. The fourth-order valence-corrected chi connectivity index (χ4v) is 6.62. The number of nitrogens with zero attached hydrogens (tertiary/aromatic N) is 6. The molecule has 15 heteroatoms. The minimum absolute atomic E-state index is 0.135. The van der Waals surface area contributed by atoms with Crippen LogP contribution in [0.2, 0.25) is 0 Å². The molecule has 3 aromatic carbocycles. The molecule has 0 amide bonds. The Hall–Kier alpha value is -3.91. The fourth-order valence-electron chi connectivity index (χ4n) is 4.79. The van der Waals surface area contributed by atoms with Crippen molar-refractivity contribution in [2.75, 3.05) is 4.90 Å². The molecule has 2 aliphatic heterocycles. The Balaban J connectivity index is 1.11. The Bertz CT molecular complexity index is 1860. The number of thioether (sulfide) groups is 1. The molecule has 8 nitrogen and oxygen atoms in total. The van der Waals surface area contributed by atoms with Gasteiger partial charge in [0.05, 0.1) is 23.3 Å². The summed E-state index contributed by atoms with van der Waals surface area (Å²) in [6, 6.07) is 18.9. The van der Waals surface area contributed by atoms with Crippen molar-refractivity contribution in [1.29, 1.82) is 0 Å². The van der Waals surface area contributed by atoms with E-state index in [1.54, 1.807) is 6.21 Å². The van der Waals surface area contributed by atoms with Crippen molar-refractivity contribution in [1.82, 2.24) is 20.2 Å². The number of aliphatic imine (C=N–C) groups is 1. The molecule has 1 aromatic heterocycles. The number of allylic oxidation sites excluding steroid dienone is 1. The van der Waals surface area contributed by atoms with Gasteiger partial charge in [-0.25, -0.2) is 9.67 Å². The van der Waals surface area contributed by atoms with Crippen LogP contribution in [0.5, 0.6) is 5.75 Å². The number of aryl methyl sites for hydroxylation is 1. The SMILES string of the molecule is Cc1ccc2c(c1)N1C(=CC2C)C(Cl)(Cl)SC1=NC(=S)N/N=C/c1ccc(-c2ncn(-c3ccc(OC(F)(F)F)cc3)n2)cc1. The lowest BCUT2D eigenvalue weighted by atomic mass is 9.93. The predicted molar refractivity (Wildman–Crippen MR) is 176 cm³/mol. The Kier molecular flexibility index (Phi) is 8.37. The number of hydrogen-bond donors (Lipinski definition) is 1. The normalized spacial score (nSPS) is 18.1. The second kappa shape index (κ2) is 12.1. The van der Waals surface area contributed by atoms with Gasteiger partial charge in [-0.05, 0) is 77.9 Å². The van der Waals surface area contributed by atoms with Crippen LogP contribution in [0.4, 0.5) is 18.9 Å². The second-order valence-corrected chi connectivity index (χ2v) is 13.4. The molecule has 2 aliphatic rings. The standard InChI is InChI=1S/C30H22Cl2F3N7OS2/c1-17-3-12-23-18(2)14-25-29(31,32)45-28(42(25)24(23)13-17)38-27(44)39-37-15-19-4-6-20(7-5-19)26-36-16-41(40-26)21-8-10-22(11-9-21)43-30(33,34)35/h3-16,18H,1-2H3,(H,39,44)/b37-15+,38-28?. The van der Waals surface area contributed by atoms with E-state index in [2.05, 4.69) is 55.5 Å². The van der Waals surface area contributed by atoms with Gasteiger partial charge in [-0.2, -0.15) is 10.1 Å². The summed E-state index contributed by atoms with van der Waals surface area (Å²) >= 11 is 20.0. The number of hydrazone groups is 1. The summed E-state index contributed by atoms with van der Waals surface area (Å²) in [5.41, 5.74) is 8.75. The Morgan fingerprint density at radius 2 is 1.84 bits per heavy atom. The molecule has 1 fully saturated rings. The third kappa shape index (κ3) is 6.86. The van der Waals surface area contributed by atoms with Crippen molar-refractivity contribution in [2.45, 2.75) is 29.8 Å². The minimum Gasteiger partial charge on any atom is -0.406 e. The summed E-state index contributed by atoms with van der Waals surface area (Å²) in [5, 5.41) is 9.32. The first-order valence-corrected chi connectivity index (χ1v) is 15.3. The molecule has 0 radical (unpaired) electrons. The minimum atomic E-state index is -4.76. The van der Waals surface area contributed by atoms with Crippen molar-refractivity contribution in [2.24, 2.45) is 10.1 Å². The second-order valence-electron chi connectivity index (χ2n) is 10.1. The Morgan fingerprint density at radius 3 is 2.56 bits per heavy atom. The number of aromatic nitrogens is 3. The van der Waals surface area contributed by atoms with Crippen molar-refractivity contribution in [3.8, 4) is 22.8 Å². The highest BCUT2D eigenvalue weighted by atomic mass is 35.5. The quantitative estimate of drug-likeness (QED) is 0.0983.